The monoisotopic (exact) mass is 259 g/mol. The Morgan fingerprint density at radius 2 is 2.42 bits per heavy atom. The SMILES string of the molecule is CNC(=O)c1cnn2c([C@@H]3CCCCN3)ccnc12. The fraction of sp³-hybridized carbons (Fsp3) is 0.462. The summed E-state index contributed by atoms with van der Waals surface area (Å²) in [7, 11) is 1.61. The maximum absolute atomic E-state index is 11.8. The van der Waals surface area contributed by atoms with E-state index in [9.17, 15) is 4.79 Å². The summed E-state index contributed by atoms with van der Waals surface area (Å²) in [6.07, 6.45) is 6.84. The normalized spacial score (nSPS) is 19.5. The Balaban J connectivity index is 2.06. The average molecular weight is 259 g/mol. The molecule has 0 unspecified atom stereocenters. The van der Waals surface area contributed by atoms with Gasteiger partial charge in [-0.2, -0.15) is 5.10 Å². The van der Waals surface area contributed by atoms with Gasteiger partial charge >= 0.3 is 0 Å². The minimum absolute atomic E-state index is 0.156. The average Bonchev–Trinajstić information content (AvgIpc) is 2.91. The van der Waals surface area contributed by atoms with Gasteiger partial charge in [0.05, 0.1) is 11.9 Å². The molecule has 1 atom stereocenters. The molecule has 2 aromatic rings. The van der Waals surface area contributed by atoms with Gasteiger partial charge in [-0.15, -0.1) is 0 Å². The van der Waals surface area contributed by atoms with Crippen LogP contribution in [-0.4, -0.2) is 34.1 Å². The van der Waals surface area contributed by atoms with E-state index in [-0.39, 0.29) is 11.9 Å². The Bertz CT molecular complexity index is 600. The van der Waals surface area contributed by atoms with Crippen LogP contribution < -0.4 is 10.6 Å². The summed E-state index contributed by atoms with van der Waals surface area (Å²) in [6, 6.07) is 2.26. The summed E-state index contributed by atoms with van der Waals surface area (Å²) in [6.45, 7) is 1.03. The van der Waals surface area contributed by atoms with E-state index in [0.29, 0.717) is 11.2 Å². The lowest BCUT2D eigenvalue weighted by Crippen LogP contribution is -2.28. The van der Waals surface area contributed by atoms with Crippen molar-refractivity contribution in [2.75, 3.05) is 13.6 Å². The third kappa shape index (κ3) is 2.08. The number of hydrogen-bond donors (Lipinski definition) is 2. The quantitative estimate of drug-likeness (QED) is 0.840. The summed E-state index contributed by atoms with van der Waals surface area (Å²) in [5, 5.41) is 10.4. The van der Waals surface area contributed by atoms with Gasteiger partial charge in [-0.3, -0.25) is 4.79 Å². The Morgan fingerprint density at radius 1 is 1.53 bits per heavy atom. The molecular formula is C13H17N5O. The molecule has 0 aromatic carbocycles. The molecule has 0 radical (unpaired) electrons. The van der Waals surface area contributed by atoms with Crippen LogP contribution in [0.1, 0.15) is 41.4 Å². The molecule has 3 heterocycles. The molecule has 6 nitrogen and oxygen atoms in total. The van der Waals surface area contributed by atoms with Crippen LogP contribution in [0.3, 0.4) is 0 Å². The molecule has 0 bridgehead atoms. The van der Waals surface area contributed by atoms with Gasteiger partial charge < -0.3 is 10.6 Å². The molecule has 19 heavy (non-hydrogen) atoms. The standard InChI is InChI=1S/C13H17N5O/c1-14-13(19)9-8-17-18-11(5-7-16-12(9)18)10-4-2-3-6-15-10/h5,7-8,10,15H,2-4,6H2,1H3,(H,14,19)/t10-/m0/s1. The van der Waals surface area contributed by atoms with Gasteiger partial charge in [-0.1, -0.05) is 6.42 Å². The van der Waals surface area contributed by atoms with Gasteiger partial charge in [0.2, 0.25) is 0 Å². The van der Waals surface area contributed by atoms with Crippen LogP contribution >= 0.6 is 0 Å². The van der Waals surface area contributed by atoms with E-state index in [2.05, 4.69) is 20.7 Å². The number of carbonyl (C=O) groups is 1. The zero-order valence-electron chi connectivity index (χ0n) is 10.9. The second kappa shape index (κ2) is 4.97. The molecule has 2 aromatic heterocycles. The molecular weight excluding hydrogens is 242 g/mol. The van der Waals surface area contributed by atoms with Gasteiger partial charge in [0.15, 0.2) is 5.65 Å². The number of carbonyl (C=O) groups excluding carboxylic acids is 1. The van der Waals surface area contributed by atoms with Crippen molar-refractivity contribution in [3.05, 3.63) is 29.7 Å². The van der Waals surface area contributed by atoms with E-state index >= 15 is 0 Å². The number of nitrogens with zero attached hydrogens (tertiary/aromatic N) is 3. The highest BCUT2D eigenvalue weighted by atomic mass is 16.1. The largest absolute Gasteiger partial charge is 0.355 e. The molecule has 1 amide bonds. The van der Waals surface area contributed by atoms with Crippen LogP contribution in [0.5, 0.6) is 0 Å². The number of piperidine rings is 1. The Hall–Kier alpha value is -1.95. The molecule has 1 aliphatic heterocycles. The molecule has 2 N–H and O–H groups in total. The van der Waals surface area contributed by atoms with Crippen molar-refractivity contribution >= 4 is 11.6 Å². The lowest BCUT2D eigenvalue weighted by atomic mass is 10.0. The van der Waals surface area contributed by atoms with Crippen molar-refractivity contribution in [3.63, 3.8) is 0 Å². The minimum atomic E-state index is -0.156. The number of fused-ring (bicyclic) bond motifs is 1. The Labute approximate surface area is 111 Å². The molecule has 6 heteroatoms. The molecule has 1 saturated heterocycles. The number of rotatable bonds is 2. The van der Waals surface area contributed by atoms with Crippen LogP contribution in [0.25, 0.3) is 5.65 Å². The number of hydrogen-bond acceptors (Lipinski definition) is 4. The molecule has 3 rings (SSSR count). The van der Waals surface area contributed by atoms with Gasteiger partial charge in [-0.05, 0) is 25.5 Å². The first kappa shape index (κ1) is 12.1. The summed E-state index contributed by atoms with van der Waals surface area (Å²) >= 11 is 0. The van der Waals surface area contributed by atoms with Gasteiger partial charge in [0, 0.05) is 19.3 Å². The Morgan fingerprint density at radius 3 is 3.16 bits per heavy atom. The molecule has 1 fully saturated rings. The maximum Gasteiger partial charge on any atom is 0.256 e. The third-order valence-corrected chi connectivity index (χ3v) is 3.57. The van der Waals surface area contributed by atoms with E-state index in [1.165, 1.54) is 12.8 Å². The summed E-state index contributed by atoms with van der Waals surface area (Å²) < 4.78 is 1.77. The van der Waals surface area contributed by atoms with Crippen molar-refractivity contribution < 1.29 is 4.79 Å². The molecule has 1 aliphatic rings. The third-order valence-electron chi connectivity index (χ3n) is 3.57. The number of aromatic nitrogens is 3. The van der Waals surface area contributed by atoms with Crippen LogP contribution in [0.15, 0.2) is 18.5 Å². The first-order valence-electron chi connectivity index (χ1n) is 6.59. The zero-order valence-corrected chi connectivity index (χ0v) is 10.9. The van der Waals surface area contributed by atoms with Crippen molar-refractivity contribution in [1.82, 2.24) is 25.2 Å². The summed E-state index contributed by atoms with van der Waals surface area (Å²) in [5.74, 6) is -0.156. The van der Waals surface area contributed by atoms with Crippen molar-refractivity contribution in [3.8, 4) is 0 Å². The summed E-state index contributed by atoms with van der Waals surface area (Å²) in [4.78, 5) is 16.0. The lowest BCUT2D eigenvalue weighted by molar-refractivity contribution is 0.0964. The number of amides is 1. The van der Waals surface area contributed by atoms with E-state index in [0.717, 1.165) is 18.7 Å². The van der Waals surface area contributed by atoms with Crippen LogP contribution in [-0.2, 0) is 0 Å². The highest BCUT2D eigenvalue weighted by Crippen LogP contribution is 2.23. The first-order chi connectivity index (χ1) is 9.31. The second-order valence-corrected chi connectivity index (χ2v) is 4.74. The topological polar surface area (TPSA) is 71.3 Å². The smallest absolute Gasteiger partial charge is 0.256 e. The predicted molar refractivity (Wildman–Crippen MR) is 71.0 cm³/mol. The maximum atomic E-state index is 11.8. The molecule has 0 saturated carbocycles. The fourth-order valence-electron chi connectivity index (χ4n) is 2.57. The van der Waals surface area contributed by atoms with Crippen molar-refractivity contribution in [2.45, 2.75) is 25.3 Å². The van der Waals surface area contributed by atoms with Gasteiger partial charge in [0.25, 0.3) is 5.91 Å². The predicted octanol–water partition coefficient (Wildman–Crippen LogP) is 0.903. The highest BCUT2D eigenvalue weighted by Gasteiger charge is 2.20. The highest BCUT2D eigenvalue weighted by molar-refractivity contribution is 5.99. The molecule has 0 aliphatic carbocycles. The second-order valence-electron chi connectivity index (χ2n) is 4.74. The van der Waals surface area contributed by atoms with E-state index in [4.69, 9.17) is 0 Å². The molecule has 0 spiro atoms. The van der Waals surface area contributed by atoms with Crippen molar-refractivity contribution in [2.24, 2.45) is 0 Å². The van der Waals surface area contributed by atoms with E-state index < -0.39 is 0 Å². The lowest BCUT2D eigenvalue weighted by Gasteiger charge is -2.23. The zero-order chi connectivity index (χ0) is 13.2. The van der Waals surface area contributed by atoms with Gasteiger partial charge in [0.1, 0.15) is 5.56 Å². The fourth-order valence-corrected chi connectivity index (χ4v) is 2.57. The Kier molecular flexibility index (Phi) is 3.16. The van der Waals surface area contributed by atoms with Crippen molar-refractivity contribution in [1.29, 1.82) is 0 Å². The van der Waals surface area contributed by atoms with E-state index in [1.807, 2.05) is 6.07 Å². The molecule has 100 valence electrons. The van der Waals surface area contributed by atoms with Crippen LogP contribution in [0.2, 0.25) is 0 Å². The van der Waals surface area contributed by atoms with Gasteiger partial charge in [-0.25, -0.2) is 9.50 Å². The van der Waals surface area contributed by atoms with E-state index in [1.54, 1.807) is 24.0 Å². The van der Waals surface area contributed by atoms with Crippen LogP contribution in [0, 0.1) is 0 Å². The summed E-state index contributed by atoms with van der Waals surface area (Å²) in [5.41, 5.74) is 2.20. The van der Waals surface area contributed by atoms with Crippen LogP contribution in [0.4, 0.5) is 0 Å². The number of nitrogens with one attached hydrogen (secondary N) is 2. The minimum Gasteiger partial charge on any atom is -0.355 e. The first-order valence-corrected chi connectivity index (χ1v) is 6.59.